The van der Waals surface area contributed by atoms with Crippen LogP contribution in [0.15, 0.2) is 41.4 Å². The number of guanidine groups is 1. The molecule has 3 N–H and O–H groups in total. The summed E-state index contributed by atoms with van der Waals surface area (Å²) in [6, 6.07) is 12.3. The quantitative estimate of drug-likeness (QED) is 0.626. The summed E-state index contributed by atoms with van der Waals surface area (Å²) in [6.45, 7) is 0.610. The lowest BCUT2D eigenvalue weighted by Crippen LogP contribution is -2.23. The van der Waals surface area contributed by atoms with Gasteiger partial charge >= 0.3 is 0 Å². The zero-order valence-corrected chi connectivity index (χ0v) is 14.8. The number of hydrogen-bond acceptors (Lipinski definition) is 3. The molecule has 25 heavy (non-hydrogen) atoms. The molecule has 5 nitrogen and oxygen atoms in total. The molecule has 0 aliphatic heterocycles. The predicted octanol–water partition coefficient (Wildman–Crippen LogP) is 3.16. The van der Waals surface area contributed by atoms with Gasteiger partial charge in [0, 0.05) is 12.2 Å². The molecule has 132 valence electrons. The molecule has 0 amide bonds. The molecule has 1 aliphatic carbocycles. The minimum atomic E-state index is 0.443. The first-order chi connectivity index (χ1) is 12.2. The van der Waals surface area contributed by atoms with Gasteiger partial charge in [-0.1, -0.05) is 12.1 Å². The number of ether oxygens (including phenoxy) is 2. The van der Waals surface area contributed by atoms with Crippen molar-refractivity contribution in [3.63, 3.8) is 0 Å². The zero-order valence-electron chi connectivity index (χ0n) is 14.8. The Morgan fingerprint density at radius 3 is 2.64 bits per heavy atom. The molecule has 0 saturated heterocycles. The number of rotatable bonds is 6. The van der Waals surface area contributed by atoms with Crippen molar-refractivity contribution >= 4 is 11.6 Å². The number of nitrogens with one attached hydrogen (secondary N) is 1. The molecule has 0 heterocycles. The largest absolute Gasteiger partial charge is 0.493 e. The molecule has 0 spiro atoms. The first-order valence-corrected chi connectivity index (χ1v) is 8.59. The van der Waals surface area contributed by atoms with Crippen molar-refractivity contribution in [1.82, 2.24) is 0 Å². The number of fused-ring (bicyclic) bond motifs is 1. The first-order valence-electron chi connectivity index (χ1n) is 8.59. The fraction of sp³-hybridized carbons (Fsp3) is 0.350. The van der Waals surface area contributed by atoms with Crippen LogP contribution in [-0.4, -0.2) is 26.7 Å². The number of anilines is 1. The van der Waals surface area contributed by atoms with Gasteiger partial charge in [0.05, 0.1) is 14.2 Å². The number of aliphatic imine (C=N–C) groups is 1. The van der Waals surface area contributed by atoms with Gasteiger partial charge in [0.15, 0.2) is 17.5 Å². The van der Waals surface area contributed by atoms with Gasteiger partial charge in [-0.15, -0.1) is 0 Å². The van der Waals surface area contributed by atoms with Gasteiger partial charge in [-0.3, -0.25) is 4.99 Å². The summed E-state index contributed by atoms with van der Waals surface area (Å²) in [6.07, 6.45) is 4.37. The standard InChI is InChI=1S/C20H25N3O2/c1-24-18-9-6-14(12-19(18)25-2)10-11-22-20(21)23-17-8-7-15-4-3-5-16(15)13-17/h6-9,12-13H,3-5,10-11H2,1-2H3,(H3,21,22,23). The summed E-state index contributed by atoms with van der Waals surface area (Å²) in [5.74, 6) is 1.90. The minimum Gasteiger partial charge on any atom is -0.493 e. The van der Waals surface area contributed by atoms with E-state index in [1.165, 1.54) is 24.0 Å². The summed E-state index contributed by atoms with van der Waals surface area (Å²) in [4.78, 5) is 4.42. The van der Waals surface area contributed by atoms with Crippen molar-refractivity contribution < 1.29 is 9.47 Å². The van der Waals surface area contributed by atoms with Crippen LogP contribution in [0.2, 0.25) is 0 Å². The van der Waals surface area contributed by atoms with Gasteiger partial charge in [-0.2, -0.15) is 0 Å². The molecule has 0 aromatic heterocycles. The SMILES string of the molecule is COc1ccc(CCN=C(N)Nc2ccc3c(c2)CCC3)cc1OC. The molecule has 5 heteroatoms. The van der Waals surface area contributed by atoms with E-state index in [9.17, 15) is 0 Å². The minimum absolute atomic E-state index is 0.443. The Bertz CT molecular complexity index is 772. The highest BCUT2D eigenvalue weighted by molar-refractivity contribution is 5.92. The van der Waals surface area contributed by atoms with Crippen LogP contribution in [0.5, 0.6) is 11.5 Å². The second kappa shape index (κ2) is 7.92. The fourth-order valence-corrected chi connectivity index (χ4v) is 3.18. The van der Waals surface area contributed by atoms with Crippen LogP contribution < -0.4 is 20.5 Å². The average Bonchev–Trinajstić information content (AvgIpc) is 3.09. The maximum absolute atomic E-state index is 6.01. The van der Waals surface area contributed by atoms with Crippen molar-refractivity contribution in [1.29, 1.82) is 0 Å². The third-order valence-electron chi connectivity index (χ3n) is 4.50. The normalized spacial score (nSPS) is 13.4. The van der Waals surface area contributed by atoms with Crippen LogP contribution in [-0.2, 0) is 19.3 Å². The lowest BCUT2D eigenvalue weighted by Gasteiger charge is -2.10. The first kappa shape index (κ1) is 17.1. The van der Waals surface area contributed by atoms with Crippen molar-refractivity contribution in [2.45, 2.75) is 25.7 Å². The maximum Gasteiger partial charge on any atom is 0.193 e. The third-order valence-corrected chi connectivity index (χ3v) is 4.50. The highest BCUT2D eigenvalue weighted by Gasteiger charge is 2.10. The number of hydrogen-bond donors (Lipinski definition) is 2. The van der Waals surface area contributed by atoms with E-state index in [2.05, 4.69) is 28.5 Å². The highest BCUT2D eigenvalue weighted by Crippen LogP contribution is 2.27. The van der Waals surface area contributed by atoms with Gasteiger partial charge in [0.1, 0.15) is 0 Å². The molecule has 0 atom stereocenters. The van der Waals surface area contributed by atoms with Crippen molar-refractivity contribution in [2.24, 2.45) is 10.7 Å². The van der Waals surface area contributed by atoms with E-state index in [0.717, 1.165) is 35.6 Å². The lowest BCUT2D eigenvalue weighted by atomic mass is 10.1. The molecular formula is C20H25N3O2. The number of benzene rings is 2. The summed E-state index contributed by atoms with van der Waals surface area (Å²) in [5, 5.41) is 3.18. The fourth-order valence-electron chi connectivity index (χ4n) is 3.18. The molecule has 0 bridgehead atoms. The molecule has 1 aliphatic rings. The summed E-state index contributed by atoms with van der Waals surface area (Å²) in [7, 11) is 3.27. The van der Waals surface area contributed by atoms with Gasteiger partial charge < -0.3 is 20.5 Å². The molecular weight excluding hydrogens is 314 g/mol. The Balaban J connectivity index is 1.57. The molecule has 0 fully saturated rings. The van der Waals surface area contributed by atoms with Crippen molar-refractivity contribution in [3.8, 4) is 11.5 Å². The molecule has 2 aromatic rings. The Morgan fingerprint density at radius 1 is 1.04 bits per heavy atom. The summed E-state index contributed by atoms with van der Waals surface area (Å²) >= 11 is 0. The van der Waals surface area contributed by atoms with Gasteiger partial charge in [0.25, 0.3) is 0 Å². The molecule has 0 radical (unpaired) electrons. The molecule has 0 saturated carbocycles. The number of nitrogens with two attached hydrogens (primary N) is 1. The van der Waals surface area contributed by atoms with E-state index in [1.54, 1.807) is 14.2 Å². The maximum atomic E-state index is 6.01. The second-order valence-electron chi connectivity index (χ2n) is 6.17. The lowest BCUT2D eigenvalue weighted by molar-refractivity contribution is 0.354. The Morgan fingerprint density at radius 2 is 1.84 bits per heavy atom. The van der Waals surface area contributed by atoms with Crippen LogP contribution >= 0.6 is 0 Å². The Kier molecular flexibility index (Phi) is 5.43. The van der Waals surface area contributed by atoms with Crippen molar-refractivity contribution in [2.75, 3.05) is 26.1 Å². The van der Waals surface area contributed by atoms with Gasteiger partial charge in [-0.25, -0.2) is 0 Å². The van der Waals surface area contributed by atoms with Crippen LogP contribution in [0.25, 0.3) is 0 Å². The molecule has 3 rings (SSSR count). The number of aryl methyl sites for hydroxylation is 2. The number of methoxy groups -OCH3 is 2. The average molecular weight is 339 g/mol. The Hall–Kier alpha value is -2.69. The summed E-state index contributed by atoms with van der Waals surface area (Å²) in [5.41, 5.74) is 11.0. The topological polar surface area (TPSA) is 68.9 Å². The van der Waals surface area contributed by atoms with Crippen LogP contribution in [0.1, 0.15) is 23.1 Å². The zero-order chi connectivity index (χ0) is 17.6. The van der Waals surface area contributed by atoms with E-state index >= 15 is 0 Å². The smallest absolute Gasteiger partial charge is 0.193 e. The van der Waals surface area contributed by atoms with Crippen LogP contribution in [0.4, 0.5) is 5.69 Å². The van der Waals surface area contributed by atoms with Crippen molar-refractivity contribution in [3.05, 3.63) is 53.1 Å². The highest BCUT2D eigenvalue weighted by atomic mass is 16.5. The third kappa shape index (κ3) is 4.24. The predicted molar refractivity (Wildman–Crippen MR) is 102 cm³/mol. The second-order valence-corrected chi connectivity index (χ2v) is 6.17. The Labute approximate surface area is 148 Å². The van der Waals surface area contributed by atoms with Gasteiger partial charge in [0.2, 0.25) is 0 Å². The van der Waals surface area contributed by atoms with E-state index < -0.39 is 0 Å². The van der Waals surface area contributed by atoms with Crippen LogP contribution in [0.3, 0.4) is 0 Å². The van der Waals surface area contributed by atoms with E-state index in [4.69, 9.17) is 15.2 Å². The van der Waals surface area contributed by atoms with E-state index in [1.807, 2.05) is 18.2 Å². The number of nitrogens with zero attached hydrogens (tertiary/aromatic N) is 1. The van der Waals surface area contributed by atoms with E-state index in [0.29, 0.717) is 12.5 Å². The van der Waals surface area contributed by atoms with Gasteiger partial charge in [-0.05, 0) is 66.6 Å². The molecule has 0 unspecified atom stereocenters. The molecule has 2 aromatic carbocycles. The van der Waals surface area contributed by atoms with Crippen LogP contribution in [0, 0.1) is 0 Å². The monoisotopic (exact) mass is 339 g/mol. The summed E-state index contributed by atoms with van der Waals surface area (Å²) < 4.78 is 10.6. The van der Waals surface area contributed by atoms with E-state index in [-0.39, 0.29) is 0 Å².